The highest BCUT2D eigenvalue weighted by atomic mass is 16.5. The second-order valence-corrected chi connectivity index (χ2v) is 3.10. The van der Waals surface area contributed by atoms with E-state index in [1.165, 1.54) is 6.08 Å². The summed E-state index contributed by atoms with van der Waals surface area (Å²) >= 11 is 0. The Kier molecular flexibility index (Phi) is 4.68. The fourth-order valence-corrected chi connectivity index (χ4v) is 1.20. The van der Waals surface area contributed by atoms with Crippen molar-refractivity contribution in [2.75, 3.05) is 6.61 Å². The zero-order valence-corrected chi connectivity index (χ0v) is 8.77. The van der Waals surface area contributed by atoms with Gasteiger partial charge in [-0.1, -0.05) is 35.8 Å². The van der Waals surface area contributed by atoms with Crippen LogP contribution < -0.4 is 5.46 Å². The fraction of sp³-hybridized carbons (Fsp3) is 0.250. The number of benzene rings is 1. The van der Waals surface area contributed by atoms with Crippen molar-refractivity contribution in [3.63, 3.8) is 0 Å². The van der Waals surface area contributed by atoms with Gasteiger partial charge in [0.1, 0.15) is 7.85 Å². The Morgan fingerprint density at radius 2 is 2.33 bits per heavy atom. The van der Waals surface area contributed by atoms with E-state index in [-0.39, 0.29) is 5.97 Å². The monoisotopic (exact) mass is 200 g/mol. The second kappa shape index (κ2) is 6.07. The minimum Gasteiger partial charge on any atom is -0.463 e. The molecule has 0 aliphatic rings. The van der Waals surface area contributed by atoms with Gasteiger partial charge in [-0.15, -0.1) is 0 Å². The molecule has 0 aromatic heterocycles. The average Bonchev–Trinajstić information content (AvgIpc) is 2.18. The standard InChI is InChI=1S/C12H13BO2/c1-2-15-12(14)8-4-6-10-5-3-7-11(13)9-10/h3-5,7-9H,2,6H2,1H3/b8-4+. The number of ether oxygens (including phenoxy) is 1. The Morgan fingerprint density at radius 1 is 1.53 bits per heavy atom. The molecule has 0 fully saturated rings. The zero-order valence-electron chi connectivity index (χ0n) is 8.77. The smallest absolute Gasteiger partial charge is 0.330 e. The Hall–Kier alpha value is -1.51. The SMILES string of the molecule is [B]c1cccc(C/C=C/C(=O)OCC)c1. The molecular formula is C12H13BO2. The lowest BCUT2D eigenvalue weighted by molar-refractivity contribution is -0.137. The molecule has 0 saturated heterocycles. The molecule has 0 unspecified atom stereocenters. The van der Waals surface area contributed by atoms with Crippen LogP contribution in [0.15, 0.2) is 36.4 Å². The highest BCUT2D eigenvalue weighted by molar-refractivity contribution is 6.32. The van der Waals surface area contributed by atoms with E-state index in [0.717, 1.165) is 11.0 Å². The van der Waals surface area contributed by atoms with Crippen LogP contribution in [-0.4, -0.2) is 20.4 Å². The predicted octanol–water partition coefficient (Wildman–Crippen LogP) is 1.14. The average molecular weight is 200 g/mol. The van der Waals surface area contributed by atoms with Crippen molar-refractivity contribution in [3.05, 3.63) is 42.0 Å². The molecule has 0 spiro atoms. The molecule has 76 valence electrons. The summed E-state index contributed by atoms with van der Waals surface area (Å²) in [4.78, 5) is 11.0. The van der Waals surface area contributed by atoms with Crippen molar-refractivity contribution in [2.24, 2.45) is 0 Å². The van der Waals surface area contributed by atoms with Gasteiger partial charge in [0, 0.05) is 6.08 Å². The summed E-state index contributed by atoms with van der Waals surface area (Å²) < 4.78 is 4.75. The molecular weight excluding hydrogens is 187 g/mol. The lowest BCUT2D eigenvalue weighted by atomic mass is 9.94. The number of rotatable bonds is 4. The molecule has 15 heavy (non-hydrogen) atoms. The van der Waals surface area contributed by atoms with E-state index in [4.69, 9.17) is 12.6 Å². The molecule has 1 aromatic carbocycles. The minimum atomic E-state index is -0.304. The first kappa shape index (κ1) is 11.6. The minimum absolute atomic E-state index is 0.304. The number of hydrogen-bond donors (Lipinski definition) is 0. The Morgan fingerprint density at radius 3 is 3.00 bits per heavy atom. The highest BCUT2D eigenvalue weighted by Gasteiger charge is 1.93. The van der Waals surface area contributed by atoms with E-state index >= 15 is 0 Å². The van der Waals surface area contributed by atoms with Crippen molar-refractivity contribution >= 4 is 19.3 Å². The van der Waals surface area contributed by atoms with Gasteiger partial charge in [0.2, 0.25) is 0 Å². The van der Waals surface area contributed by atoms with Crippen molar-refractivity contribution in [1.82, 2.24) is 0 Å². The third-order valence-corrected chi connectivity index (χ3v) is 1.85. The molecule has 1 rings (SSSR count). The first-order valence-corrected chi connectivity index (χ1v) is 4.90. The van der Waals surface area contributed by atoms with E-state index in [1.54, 1.807) is 13.0 Å². The van der Waals surface area contributed by atoms with E-state index in [0.29, 0.717) is 13.0 Å². The summed E-state index contributed by atoms with van der Waals surface area (Å²) in [6.45, 7) is 2.19. The second-order valence-electron chi connectivity index (χ2n) is 3.10. The number of esters is 1. The lowest BCUT2D eigenvalue weighted by Crippen LogP contribution is -2.02. The lowest BCUT2D eigenvalue weighted by Gasteiger charge is -1.98. The van der Waals surface area contributed by atoms with Crippen LogP contribution in [0.3, 0.4) is 0 Å². The van der Waals surface area contributed by atoms with Crippen molar-refractivity contribution in [3.8, 4) is 0 Å². The van der Waals surface area contributed by atoms with Crippen LogP contribution >= 0.6 is 0 Å². The Labute approximate surface area is 91.4 Å². The molecule has 0 aliphatic carbocycles. The molecule has 0 bridgehead atoms. The Bertz CT molecular complexity index is 358. The van der Waals surface area contributed by atoms with E-state index in [2.05, 4.69) is 0 Å². The van der Waals surface area contributed by atoms with Crippen LogP contribution in [0.2, 0.25) is 0 Å². The van der Waals surface area contributed by atoms with E-state index in [1.807, 2.05) is 24.3 Å². The third kappa shape index (κ3) is 4.50. The quantitative estimate of drug-likeness (QED) is 0.414. The maximum absolute atomic E-state index is 11.0. The molecule has 0 N–H and O–H groups in total. The fourth-order valence-electron chi connectivity index (χ4n) is 1.20. The van der Waals surface area contributed by atoms with Crippen molar-refractivity contribution < 1.29 is 9.53 Å². The molecule has 0 aliphatic heterocycles. The highest BCUT2D eigenvalue weighted by Crippen LogP contribution is 1.98. The Balaban J connectivity index is 2.46. The van der Waals surface area contributed by atoms with Gasteiger partial charge >= 0.3 is 5.97 Å². The maximum atomic E-state index is 11.0. The van der Waals surface area contributed by atoms with Gasteiger partial charge in [0.25, 0.3) is 0 Å². The summed E-state index contributed by atoms with van der Waals surface area (Å²) in [5.74, 6) is -0.304. The zero-order chi connectivity index (χ0) is 11.1. The summed E-state index contributed by atoms with van der Waals surface area (Å²) in [6.07, 6.45) is 3.89. The summed E-state index contributed by atoms with van der Waals surface area (Å²) in [6, 6.07) is 7.57. The topological polar surface area (TPSA) is 26.3 Å². The number of carbonyl (C=O) groups is 1. The molecule has 1 aromatic rings. The molecule has 0 saturated carbocycles. The maximum Gasteiger partial charge on any atom is 0.330 e. The first-order chi connectivity index (χ1) is 7.22. The van der Waals surface area contributed by atoms with Gasteiger partial charge in [-0.05, 0) is 18.9 Å². The van der Waals surface area contributed by atoms with Crippen molar-refractivity contribution in [1.29, 1.82) is 0 Å². The molecule has 2 radical (unpaired) electrons. The summed E-state index contributed by atoms with van der Waals surface area (Å²) in [5.41, 5.74) is 1.81. The van der Waals surface area contributed by atoms with Crippen LogP contribution in [0.1, 0.15) is 12.5 Å². The van der Waals surface area contributed by atoms with Crippen LogP contribution in [-0.2, 0) is 16.0 Å². The molecule has 0 heterocycles. The van der Waals surface area contributed by atoms with Crippen LogP contribution in [0.4, 0.5) is 0 Å². The normalized spacial score (nSPS) is 10.5. The largest absolute Gasteiger partial charge is 0.463 e. The van der Waals surface area contributed by atoms with Gasteiger partial charge in [0.15, 0.2) is 0 Å². The van der Waals surface area contributed by atoms with E-state index < -0.39 is 0 Å². The van der Waals surface area contributed by atoms with Crippen LogP contribution in [0, 0.1) is 0 Å². The third-order valence-electron chi connectivity index (χ3n) is 1.85. The van der Waals surface area contributed by atoms with Crippen LogP contribution in [0.5, 0.6) is 0 Å². The van der Waals surface area contributed by atoms with Gasteiger partial charge in [-0.3, -0.25) is 0 Å². The first-order valence-electron chi connectivity index (χ1n) is 4.90. The van der Waals surface area contributed by atoms with Gasteiger partial charge in [-0.2, -0.15) is 0 Å². The van der Waals surface area contributed by atoms with Crippen molar-refractivity contribution in [2.45, 2.75) is 13.3 Å². The number of allylic oxidation sites excluding steroid dienone is 1. The summed E-state index contributed by atoms with van der Waals surface area (Å²) in [7, 11) is 5.62. The molecule has 0 atom stereocenters. The summed E-state index contributed by atoms with van der Waals surface area (Å²) in [5, 5.41) is 0. The van der Waals surface area contributed by atoms with Gasteiger partial charge < -0.3 is 4.74 Å². The van der Waals surface area contributed by atoms with Gasteiger partial charge in [0.05, 0.1) is 6.61 Å². The van der Waals surface area contributed by atoms with E-state index in [9.17, 15) is 4.79 Å². The molecule has 3 heteroatoms. The predicted molar refractivity (Wildman–Crippen MR) is 61.3 cm³/mol. The van der Waals surface area contributed by atoms with Gasteiger partial charge in [-0.25, -0.2) is 4.79 Å². The molecule has 2 nitrogen and oxygen atoms in total. The number of carbonyl (C=O) groups excluding carboxylic acids is 1. The van der Waals surface area contributed by atoms with Crippen LogP contribution in [0.25, 0.3) is 0 Å². The number of hydrogen-bond acceptors (Lipinski definition) is 2. The molecule has 0 amide bonds.